The molecule has 0 saturated heterocycles. The summed E-state index contributed by atoms with van der Waals surface area (Å²) in [5.41, 5.74) is 1.04. The second kappa shape index (κ2) is 8.61. The van der Waals surface area contributed by atoms with Crippen LogP contribution in [0.3, 0.4) is 0 Å². The lowest BCUT2D eigenvalue weighted by Gasteiger charge is -2.19. The predicted octanol–water partition coefficient (Wildman–Crippen LogP) is 2.95. The first-order valence-corrected chi connectivity index (χ1v) is 9.20. The van der Waals surface area contributed by atoms with Gasteiger partial charge >= 0.3 is 11.9 Å². The number of ether oxygens (including phenoxy) is 1. The lowest BCUT2D eigenvalue weighted by molar-refractivity contribution is -0.139. The van der Waals surface area contributed by atoms with Gasteiger partial charge in [0, 0.05) is 12.6 Å². The number of aromatic carboxylic acids is 1. The number of benzene rings is 2. The molecule has 0 bridgehead atoms. The molecule has 0 unspecified atom stereocenters. The molecule has 0 radical (unpaired) electrons. The van der Waals surface area contributed by atoms with Gasteiger partial charge in [0.15, 0.2) is 11.8 Å². The molecule has 2 aromatic rings. The highest BCUT2D eigenvalue weighted by atomic mass is 32.2. The zero-order valence-electron chi connectivity index (χ0n) is 15.2. The molecule has 8 nitrogen and oxygen atoms in total. The van der Waals surface area contributed by atoms with E-state index in [1.165, 1.54) is 6.07 Å². The van der Waals surface area contributed by atoms with E-state index in [-0.39, 0.29) is 5.56 Å². The Labute approximate surface area is 170 Å². The number of thioether (sulfide) groups is 1. The molecule has 0 aliphatic carbocycles. The number of carbonyl (C=O) groups is 3. The minimum absolute atomic E-state index is 0.0931. The zero-order chi connectivity index (χ0) is 21.0. The Morgan fingerprint density at radius 2 is 1.83 bits per heavy atom. The molecular weight excluding hydrogens is 396 g/mol. The van der Waals surface area contributed by atoms with Crippen LogP contribution in [0.1, 0.15) is 15.9 Å². The molecule has 9 heteroatoms. The van der Waals surface area contributed by atoms with Crippen LogP contribution < -0.4 is 9.64 Å². The summed E-state index contributed by atoms with van der Waals surface area (Å²) in [7, 11) is 1.63. The van der Waals surface area contributed by atoms with E-state index in [0.29, 0.717) is 27.1 Å². The highest BCUT2D eigenvalue weighted by Crippen LogP contribution is 2.34. The van der Waals surface area contributed by atoms with E-state index in [0.717, 1.165) is 11.8 Å². The summed E-state index contributed by atoms with van der Waals surface area (Å²) >= 11 is 1.09. The van der Waals surface area contributed by atoms with Crippen molar-refractivity contribution >= 4 is 46.5 Å². The monoisotopic (exact) mass is 412 g/mol. The van der Waals surface area contributed by atoms with Crippen LogP contribution in [0.15, 0.2) is 58.4 Å². The third kappa shape index (κ3) is 4.64. The van der Waals surface area contributed by atoms with Gasteiger partial charge in [0.05, 0.1) is 16.2 Å². The van der Waals surface area contributed by atoms with Gasteiger partial charge in [-0.15, -0.1) is 0 Å². The van der Waals surface area contributed by atoms with Crippen molar-refractivity contribution in [2.75, 3.05) is 18.6 Å². The van der Waals surface area contributed by atoms with Gasteiger partial charge in [-0.2, -0.15) is 4.99 Å². The van der Waals surface area contributed by atoms with Crippen molar-refractivity contribution in [3.63, 3.8) is 0 Å². The molecular formula is C20H16N2O6S. The Morgan fingerprint density at radius 3 is 2.55 bits per heavy atom. The summed E-state index contributed by atoms with van der Waals surface area (Å²) in [5.74, 6) is -2.34. The van der Waals surface area contributed by atoms with E-state index in [1.807, 2.05) is 0 Å². The largest absolute Gasteiger partial charge is 0.481 e. The summed E-state index contributed by atoms with van der Waals surface area (Å²) in [6.07, 6.45) is 1.57. The van der Waals surface area contributed by atoms with E-state index in [2.05, 4.69) is 4.99 Å². The number of carboxylic acid groups (broad SMARTS) is 2. The van der Waals surface area contributed by atoms with Gasteiger partial charge < -0.3 is 19.8 Å². The quantitative estimate of drug-likeness (QED) is 0.696. The maximum atomic E-state index is 12.4. The van der Waals surface area contributed by atoms with Gasteiger partial charge in [-0.1, -0.05) is 30.3 Å². The van der Waals surface area contributed by atoms with Crippen LogP contribution in [0.4, 0.5) is 5.69 Å². The summed E-state index contributed by atoms with van der Waals surface area (Å²) in [6.45, 7) is -0.502. The summed E-state index contributed by atoms with van der Waals surface area (Å²) in [6, 6.07) is 13.2. The number of nitrogens with zero attached hydrogens (tertiary/aromatic N) is 2. The first-order chi connectivity index (χ1) is 13.9. The fourth-order valence-electron chi connectivity index (χ4n) is 2.60. The van der Waals surface area contributed by atoms with Crippen LogP contribution in [0.5, 0.6) is 5.75 Å². The van der Waals surface area contributed by atoms with E-state index < -0.39 is 24.5 Å². The molecule has 0 saturated carbocycles. The third-order valence-electron chi connectivity index (χ3n) is 3.95. The molecule has 1 aliphatic rings. The lowest BCUT2D eigenvalue weighted by atomic mass is 10.1. The van der Waals surface area contributed by atoms with E-state index >= 15 is 0 Å². The molecule has 1 aliphatic heterocycles. The molecule has 29 heavy (non-hydrogen) atoms. The van der Waals surface area contributed by atoms with Crippen LogP contribution in [0, 0.1) is 0 Å². The van der Waals surface area contributed by atoms with Crippen LogP contribution >= 0.6 is 11.8 Å². The first kappa shape index (κ1) is 20.2. The Hall–Kier alpha value is -3.59. The second-order valence-corrected chi connectivity index (χ2v) is 6.92. The van der Waals surface area contributed by atoms with Crippen molar-refractivity contribution in [1.82, 2.24) is 0 Å². The van der Waals surface area contributed by atoms with Crippen molar-refractivity contribution in [1.29, 1.82) is 0 Å². The van der Waals surface area contributed by atoms with Crippen LogP contribution in [0.2, 0.25) is 0 Å². The molecule has 2 aromatic carbocycles. The summed E-state index contributed by atoms with van der Waals surface area (Å²) in [5, 5.41) is 18.5. The number of hydrogen-bond acceptors (Lipinski definition) is 6. The van der Waals surface area contributed by atoms with Gasteiger partial charge in [-0.05, 0) is 36.0 Å². The minimum atomic E-state index is -1.11. The normalized spacial score (nSPS) is 14.6. The summed E-state index contributed by atoms with van der Waals surface area (Å²) < 4.78 is 5.25. The second-order valence-electron chi connectivity index (χ2n) is 5.91. The molecule has 0 spiro atoms. The van der Waals surface area contributed by atoms with Gasteiger partial charge in [-0.3, -0.25) is 4.79 Å². The van der Waals surface area contributed by atoms with Crippen molar-refractivity contribution in [2.24, 2.45) is 4.99 Å². The maximum absolute atomic E-state index is 12.4. The van der Waals surface area contributed by atoms with Gasteiger partial charge in [0.2, 0.25) is 0 Å². The maximum Gasteiger partial charge on any atom is 0.341 e. The average Bonchev–Trinajstić information content (AvgIpc) is 3.07. The molecule has 1 heterocycles. The fraction of sp³-hybridized carbons (Fsp3) is 0.100. The van der Waals surface area contributed by atoms with E-state index in [1.54, 1.807) is 60.5 Å². The number of carboxylic acids is 2. The topological polar surface area (TPSA) is 117 Å². The Morgan fingerprint density at radius 1 is 1.14 bits per heavy atom. The zero-order valence-corrected chi connectivity index (χ0v) is 16.0. The smallest absolute Gasteiger partial charge is 0.341 e. The standard InChI is InChI=1S/C20H16N2O6S/c1-22(14-8-4-3-7-13(14)19(26)27)20-21-18(25)16(29-20)10-12-6-2-5-9-15(12)28-11-17(23)24/h2-10H,11H2,1H3,(H,23,24)(H,26,27)/b16-10-. The number of anilines is 1. The fourth-order valence-corrected chi connectivity index (χ4v) is 3.48. The van der Waals surface area contributed by atoms with Gasteiger partial charge in [0.1, 0.15) is 5.75 Å². The van der Waals surface area contributed by atoms with Gasteiger partial charge in [0.25, 0.3) is 5.91 Å². The average molecular weight is 412 g/mol. The molecule has 148 valence electrons. The van der Waals surface area contributed by atoms with Crippen molar-refractivity contribution in [3.8, 4) is 5.75 Å². The number of rotatable bonds is 6. The van der Waals surface area contributed by atoms with Gasteiger partial charge in [-0.25, -0.2) is 9.59 Å². The van der Waals surface area contributed by atoms with E-state index in [4.69, 9.17) is 9.84 Å². The number of carbonyl (C=O) groups excluding carboxylic acids is 1. The highest BCUT2D eigenvalue weighted by Gasteiger charge is 2.27. The number of para-hydroxylation sites is 2. The molecule has 0 atom stereocenters. The number of amides is 1. The Bertz CT molecular complexity index is 1050. The summed E-state index contributed by atoms with van der Waals surface area (Å²) in [4.78, 5) is 40.4. The van der Waals surface area contributed by atoms with Crippen LogP contribution in [-0.4, -0.2) is 46.9 Å². The van der Waals surface area contributed by atoms with Crippen LogP contribution in [0.25, 0.3) is 6.08 Å². The van der Waals surface area contributed by atoms with Crippen molar-refractivity contribution < 1.29 is 29.3 Å². The SMILES string of the molecule is CN(C1=NC(=O)/C(=C/c2ccccc2OCC(=O)O)S1)c1ccccc1C(=O)O. The van der Waals surface area contributed by atoms with Crippen molar-refractivity contribution in [3.05, 3.63) is 64.6 Å². The number of amidine groups is 1. The molecule has 0 fully saturated rings. The number of hydrogen-bond donors (Lipinski definition) is 2. The Kier molecular flexibility index (Phi) is 5.99. The minimum Gasteiger partial charge on any atom is -0.481 e. The van der Waals surface area contributed by atoms with E-state index in [9.17, 15) is 19.5 Å². The first-order valence-electron chi connectivity index (χ1n) is 8.39. The molecule has 2 N–H and O–H groups in total. The molecule has 1 amide bonds. The lowest BCUT2D eigenvalue weighted by Crippen LogP contribution is -2.24. The molecule has 3 rings (SSSR count). The Balaban J connectivity index is 1.85. The van der Waals surface area contributed by atoms with Crippen LogP contribution in [-0.2, 0) is 9.59 Å². The third-order valence-corrected chi connectivity index (χ3v) is 5.01. The number of aliphatic imine (C=N–C) groups is 1. The number of aliphatic carboxylic acids is 1. The van der Waals surface area contributed by atoms with Crippen molar-refractivity contribution in [2.45, 2.75) is 0 Å². The molecule has 0 aromatic heterocycles. The highest BCUT2D eigenvalue weighted by molar-refractivity contribution is 8.18. The predicted molar refractivity (Wildman–Crippen MR) is 109 cm³/mol.